The van der Waals surface area contributed by atoms with Gasteiger partial charge in [-0.3, -0.25) is 9.88 Å². The summed E-state index contributed by atoms with van der Waals surface area (Å²) in [5.74, 6) is 0.0781. The third kappa shape index (κ3) is 6.08. The summed E-state index contributed by atoms with van der Waals surface area (Å²) in [6.07, 6.45) is 0.246. The summed E-state index contributed by atoms with van der Waals surface area (Å²) < 4.78 is 18.7. The molecule has 1 fully saturated rings. The van der Waals surface area contributed by atoms with E-state index in [9.17, 15) is 14.8 Å². The highest BCUT2D eigenvalue weighted by atomic mass is 35.5. The second kappa shape index (κ2) is 11.5. The van der Waals surface area contributed by atoms with Gasteiger partial charge in [-0.15, -0.1) is 0 Å². The Hall–Kier alpha value is -3.22. The van der Waals surface area contributed by atoms with Gasteiger partial charge in [0.05, 0.1) is 35.8 Å². The van der Waals surface area contributed by atoms with Crippen LogP contribution in [0.2, 0.25) is 5.02 Å². The standard InChI is InChI=1S/C26H26ClFN4O3/c27-20-3-1-18(2-4-20)25-16-31(17-26(34)23-7-5-21(28)15-30-23)9-10-32(25)24-8-6-22(35-12-11-33)13-19(24)14-29/h1-8,13,15,25-26,33-34H,9-12,16-17H2/t25-,26+/m0/s1. The molecule has 35 heavy (non-hydrogen) atoms. The summed E-state index contributed by atoms with van der Waals surface area (Å²) in [7, 11) is 0. The number of β-amino-alcohol motifs (C(OH)–C–C–N with tert-alkyl or cyclic N) is 1. The van der Waals surface area contributed by atoms with Crippen molar-refractivity contribution in [3.05, 3.63) is 88.5 Å². The van der Waals surface area contributed by atoms with Gasteiger partial charge >= 0.3 is 0 Å². The molecule has 7 nitrogen and oxygen atoms in total. The molecule has 2 atom stereocenters. The van der Waals surface area contributed by atoms with E-state index in [2.05, 4.69) is 20.9 Å². The molecule has 3 aromatic rings. The number of aliphatic hydroxyl groups excluding tert-OH is 2. The average Bonchev–Trinajstić information content (AvgIpc) is 2.88. The minimum absolute atomic E-state index is 0.106. The molecule has 0 saturated carbocycles. The molecular weight excluding hydrogens is 471 g/mol. The van der Waals surface area contributed by atoms with Gasteiger partial charge in [0.25, 0.3) is 0 Å². The first-order chi connectivity index (χ1) is 17.0. The van der Waals surface area contributed by atoms with Crippen molar-refractivity contribution in [3.8, 4) is 11.8 Å². The molecule has 182 valence electrons. The van der Waals surface area contributed by atoms with Crippen molar-refractivity contribution in [2.24, 2.45) is 0 Å². The van der Waals surface area contributed by atoms with E-state index in [-0.39, 0.29) is 19.3 Å². The SMILES string of the molecule is N#Cc1cc(OCCO)ccc1N1CCN(C[C@@H](O)c2ccc(F)cn2)C[C@H]1c1ccc(Cl)cc1. The minimum atomic E-state index is -0.856. The lowest BCUT2D eigenvalue weighted by molar-refractivity contribution is 0.0974. The van der Waals surface area contributed by atoms with Crippen LogP contribution < -0.4 is 9.64 Å². The number of ether oxygens (including phenoxy) is 1. The number of hydrogen-bond acceptors (Lipinski definition) is 7. The Kier molecular flexibility index (Phi) is 8.16. The van der Waals surface area contributed by atoms with Crippen molar-refractivity contribution >= 4 is 17.3 Å². The summed E-state index contributed by atoms with van der Waals surface area (Å²) in [5, 5.41) is 30.2. The van der Waals surface area contributed by atoms with E-state index in [1.165, 1.54) is 12.1 Å². The molecule has 1 aromatic heterocycles. The highest BCUT2D eigenvalue weighted by Crippen LogP contribution is 2.35. The lowest BCUT2D eigenvalue weighted by atomic mass is 9.99. The molecule has 0 unspecified atom stereocenters. The number of halogens is 2. The van der Waals surface area contributed by atoms with Gasteiger partial charge in [0.15, 0.2) is 0 Å². The van der Waals surface area contributed by atoms with E-state index >= 15 is 0 Å². The predicted molar refractivity (Wildman–Crippen MR) is 131 cm³/mol. The van der Waals surface area contributed by atoms with Gasteiger partial charge in [0, 0.05) is 31.2 Å². The molecule has 0 spiro atoms. The average molecular weight is 497 g/mol. The normalized spacial score (nSPS) is 17.1. The second-order valence-corrected chi connectivity index (χ2v) is 8.74. The number of nitriles is 1. The highest BCUT2D eigenvalue weighted by Gasteiger charge is 2.31. The number of nitrogens with zero attached hydrogens (tertiary/aromatic N) is 4. The first kappa shape index (κ1) is 24.9. The lowest BCUT2D eigenvalue weighted by Crippen LogP contribution is -2.49. The van der Waals surface area contributed by atoms with E-state index in [0.717, 1.165) is 17.4 Å². The van der Waals surface area contributed by atoms with E-state index in [1.807, 2.05) is 30.3 Å². The Labute approximate surface area is 208 Å². The van der Waals surface area contributed by atoms with Gasteiger partial charge in [-0.2, -0.15) is 5.26 Å². The van der Waals surface area contributed by atoms with Gasteiger partial charge in [-0.25, -0.2) is 4.39 Å². The molecule has 0 bridgehead atoms. The zero-order valence-electron chi connectivity index (χ0n) is 19.0. The maximum absolute atomic E-state index is 13.2. The Morgan fingerprint density at radius 3 is 2.66 bits per heavy atom. The molecule has 1 saturated heterocycles. The molecule has 0 aliphatic carbocycles. The van der Waals surface area contributed by atoms with Crippen LogP contribution >= 0.6 is 11.6 Å². The number of pyridine rings is 1. The largest absolute Gasteiger partial charge is 0.491 e. The van der Waals surface area contributed by atoms with Crippen molar-refractivity contribution < 1.29 is 19.3 Å². The zero-order chi connectivity index (χ0) is 24.8. The Balaban J connectivity index is 1.59. The van der Waals surface area contributed by atoms with E-state index in [4.69, 9.17) is 21.4 Å². The van der Waals surface area contributed by atoms with Gasteiger partial charge in [0.1, 0.15) is 30.3 Å². The fraction of sp³-hybridized carbons (Fsp3) is 0.308. The number of benzene rings is 2. The van der Waals surface area contributed by atoms with Crippen LogP contribution in [0.15, 0.2) is 60.8 Å². The van der Waals surface area contributed by atoms with Crippen LogP contribution in [0.5, 0.6) is 5.75 Å². The van der Waals surface area contributed by atoms with Crippen LogP contribution in [0.3, 0.4) is 0 Å². The molecule has 0 radical (unpaired) electrons. The summed E-state index contributed by atoms with van der Waals surface area (Å²) in [4.78, 5) is 8.32. The van der Waals surface area contributed by atoms with E-state index in [1.54, 1.807) is 12.1 Å². The van der Waals surface area contributed by atoms with Crippen molar-refractivity contribution in [2.45, 2.75) is 12.1 Å². The molecule has 2 heterocycles. The van der Waals surface area contributed by atoms with Gasteiger partial charge in [-0.1, -0.05) is 23.7 Å². The third-order valence-electron chi connectivity index (χ3n) is 6.00. The minimum Gasteiger partial charge on any atom is -0.491 e. The van der Waals surface area contributed by atoms with Crippen molar-refractivity contribution in [1.29, 1.82) is 5.26 Å². The molecule has 1 aliphatic heterocycles. The van der Waals surface area contributed by atoms with Crippen LogP contribution in [0.4, 0.5) is 10.1 Å². The van der Waals surface area contributed by atoms with E-state index < -0.39 is 11.9 Å². The van der Waals surface area contributed by atoms with Crippen LogP contribution in [0.25, 0.3) is 0 Å². The quantitative estimate of drug-likeness (QED) is 0.491. The number of anilines is 1. The van der Waals surface area contributed by atoms with Crippen LogP contribution in [-0.2, 0) is 0 Å². The van der Waals surface area contributed by atoms with E-state index in [0.29, 0.717) is 48.2 Å². The Morgan fingerprint density at radius 1 is 1.17 bits per heavy atom. The maximum atomic E-state index is 13.2. The fourth-order valence-corrected chi connectivity index (χ4v) is 4.42. The molecular formula is C26H26ClFN4O3. The highest BCUT2D eigenvalue weighted by molar-refractivity contribution is 6.30. The number of aliphatic hydroxyl groups is 2. The van der Waals surface area contributed by atoms with Crippen molar-refractivity contribution in [3.63, 3.8) is 0 Å². The second-order valence-electron chi connectivity index (χ2n) is 8.30. The Bertz CT molecular complexity index is 1170. The monoisotopic (exact) mass is 496 g/mol. The smallest absolute Gasteiger partial charge is 0.141 e. The molecule has 4 rings (SSSR count). The van der Waals surface area contributed by atoms with Gasteiger partial charge < -0.3 is 19.8 Å². The fourth-order valence-electron chi connectivity index (χ4n) is 4.29. The summed E-state index contributed by atoms with van der Waals surface area (Å²) in [6, 6.07) is 17.9. The molecule has 9 heteroatoms. The topological polar surface area (TPSA) is 92.9 Å². The molecule has 1 aliphatic rings. The van der Waals surface area contributed by atoms with Crippen molar-refractivity contribution in [2.75, 3.05) is 44.3 Å². The third-order valence-corrected chi connectivity index (χ3v) is 6.25. The molecule has 2 N–H and O–H groups in total. The number of piperazine rings is 1. The molecule has 0 amide bonds. The van der Waals surface area contributed by atoms with Crippen LogP contribution in [0, 0.1) is 17.1 Å². The summed E-state index contributed by atoms with van der Waals surface area (Å²) in [6.45, 7) is 2.24. The Morgan fingerprint density at radius 2 is 1.97 bits per heavy atom. The van der Waals surface area contributed by atoms with Gasteiger partial charge in [-0.05, 0) is 48.0 Å². The van der Waals surface area contributed by atoms with Crippen molar-refractivity contribution in [1.82, 2.24) is 9.88 Å². The zero-order valence-corrected chi connectivity index (χ0v) is 19.8. The maximum Gasteiger partial charge on any atom is 0.141 e. The van der Waals surface area contributed by atoms with Crippen LogP contribution in [-0.4, -0.2) is 59.5 Å². The summed E-state index contributed by atoms with van der Waals surface area (Å²) in [5.41, 5.74) is 2.70. The summed E-state index contributed by atoms with van der Waals surface area (Å²) >= 11 is 6.12. The number of aromatic nitrogens is 1. The number of rotatable bonds is 8. The first-order valence-electron chi connectivity index (χ1n) is 11.3. The first-order valence-corrected chi connectivity index (χ1v) is 11.7. The van der Waals surface area contributed by atoms with Crippen LogP contribution in [0.1, 0.15) is 29.0 Å². The lowest BCUT2D eigenvalue weighted by Gasteiger charge is -2.44. The predicted octanol–water partition coefficient (Wildman–Crippen LogP) is 3.71. The number of hydrogen-bond donors (Lipinski definition) is 2. The van der Waals surface area contributed by atoms with Gasteiger partial charge in [0.2, 0.25) is 0 Å². The molecule has 2 aromatic carbocycles.